The molecule has 0 bridgehead atoms. The molecular formula is C10H15BO4. The topological polar surface area (TPSA) is 58.9 Å². The highest BCUT2D eigenvalue weighted by Gasteiger charge is 2.10. The Bertz CT molecular complexity index is 291. The van der Waals surface area contributed by atoms with Gasteiger partial charge in [0.2, 0.25) is 0 Å². The van der Waals surface area contributed by atoms with Crippen LogP contribution in [0.4, 0.5) is 0 Å². The number of ether oxygens (including phenoxy) is 2. The van der Waals surface area contributed by atoms with Crippen LogP contribution in [0.5, 0.6) is 5.75 Å². The van der Waals surface area contributed by atoms with Crippen LogP contribution in [0.2, 0.25) is 0 Å². The van der Waals surface area contributed by atoms with Crippen LogP contribution >= 0.6 is 0 Å². The van der Waals surface area contributed by atoms with Gasteiger partial charge in [-0.15, -0.1) is 0 Å². The summed E-state index contributed by atoms with van der Waals surface area (Å²) in [4.78, 5) is 0. The maximum atomic E-state index is 8.94. The van der Waals surface area contributed by atoms with Crippen molar-refractivity contribution in [3.63, 3.8) is 0 Å². The number of benzene rings is 1. The van der Waals surface area contributed by atoms with E-state index in [-0.39, 0.29) is 0 Å². The van der Waals surface area contributed by atoms with E-state index in [1.54, 1.807) is 31.4 Å². The van der Waals surface area contributed by atoms with Crippen molar-refractivity contribution >= 4 is 12.6 Å². The summed E-state index contributed by atoms with van der Waals surface area (Å²) < 4.78 is 10.3. The summed E-state index contributed by atoms with van der Waals surface area (Å²) in [6.45, 7) is 1.21. The Labute approximate surface area is 89.6 Å². The Balaban J connectivity index is 2.43. The molecule has 0 saturated heterocycles. The van der Waals surface area contributed by atoms with Crippen molar-refractivity contribution in [3.05, 3.63) is 24.3 Å². The molecule has 0 heterocycles. The zero-order valence-electron chi connectivity index (χ0n) is 8.72. The van der Waals surface area contributed by atoms with Gasteiger partial charge < -0.3 is 19.5 Å². The molecule has 0 aromatic heterocycles. The average Bonchev–Trinajstić information content (AvgIpc) is 2.25. The lowest BCUT2D eigenvalue weighted by Crippen LogP contribution is -2.29. The lowest BCUT2D eigenvalue weighted by Gasteiger charge is -2.07. The molecule has 5 heteroatoms. The molecule has 1 aromatic rings. The molecule has 0 amide bonds. The highest BCUT2D eigenvalue weighted by Crippen LogP contribution is 2.07. The van der Waals surface area contributed by atoms with Crippen LogP contribution in [0.1, 0.15) is 6.42 Å². The molecule has 0 aliphatic rings. The van der Waals surface area contributed by atoms with Gasteiger partial charge in [-0.2, -0.15) is 0 Å². The van der Waals surface area contributed by atoms with E-state index in [0.29, 0.717) is 24.4 Å². The Morgan fingerprint density at radius 2 is 2.07 bits per heavy atom. The molecule has 0 aliphatic heterocycles. The SMILES string of the molecule is COCCCOc1cccc(B(O)O)c1. The van der Waals surface area contributed by atoms with Gasteiger partial charge in [0.05, 0.1) is 6.61 Å². The molecule has 0 spiro atoms. The smallest absolute Gasteiger partial charge is 0.488 e. The maximum absolute atomic E-state index is 8.94. The zero-order valence-corrected chi connectivity index (χ0v) is 8.72. The minimum Gasteiger partial charge on any atom is -0.494 e. The van der Waals surface area contributed by atoms with Crippen molar-refractivity contribution in [1.29, 1.82) is 0 Å². The van der Waals surface area contributed by atoms with E-state index in [0.717, 1.165) is 6.42 Å². The summed E-state index contributed by atoms with van der Waals surface area (Å²) in [7, 11) is 0.190. The van der Waals surface area contributed by atoms with Crippen LogP contribution in [-0.2, 0) is 4.74 Å². The summed E-state index contributed by atoms with van der Waals surface area (Å²) in [5, 5.41) is 17.9. The monoisotopic (exact) mass is 210 g/mol. The fraction of sp³-hybridized carbons (Fsp3) is 0.400. The van der Waals surface area contributed by atoms with Crippen LogP contribution in [0.25, 0.3) is 0 Å². The molecule has 0 atom stereocenters. The molecule has 0 fully saturated rings. The normalized spacial score (nSPS) is 10.1. The van der Waals surface area contributed by atoms with Crippen molar-refractivity contribution in [3.8, 4) is 5.75 Å². The quantitative estimate of drug-likeness (QED) is 0.503. The third kappa shape index (κ3) is 4.33. The molecule has 0 aliphatic carbocycles. The van der Waals surface area contributed by atoms with Crippen molar-refractivity contribution in [2.24, 2.45) is 0 Å². The lowest BCUT2D eigenvalue weighted by molar-refractivity contribution is 0.172. The Hall–Kier alpha value is -1.04. The molecule has 4 nitrogen and oxygen atoms in total. The molecule has 2 N–H and O–H groups in total. The maximum Gasteiger partial charge on any atom is 0.488 e. The minimum atomic E-state index is -1.45. The predicted octanol–water partition coefficient (Wildman–Crippen LogP) is -0.218. The first-order valence-corrected chi connectivity index (χ1v) is 4.82. The number of rotatable bonds is 6. The largest absolute Gasteiger partial charge is 0.494 e. The second-order valence-electron chi connectivity index (χ2n) is 3.14. The zero-order chi connectivity index (χ0) is 11.1. The molecule has 0 radical (unpaired) electrons. The fourth-order valence-corrected chi connectivity index (χ4v) is 1.16. The molecule has 82 valence electrons. The van der Waals surface area contributed by atoms with Gasteiger partial charge in [0, 0.05) is 20.1 Å². The van der Waals surface area contributed by atoms with E-state index in [1.165, 1.54) is 0 Å². The second kappa shape index (κ2) is 6.45. The first kappa shape index (κ1) is 12.0. The summed E-state index contributed by atoms with van der Waals surface area (Å²) in [6.07, 6.45) is 0.808. The number of methoxy groups -OCH3 is 1. The van der Waals surface area contributed by atoms with Crippen molar-refractivity contribution in [2.45, 2.75) is 6.42 Å². The van der Waals surface area contributed by atoms with Crippen LogP contribution in [0, 0.1) is 0 Å². The van der Waals surface area contributed by atoms with Crippen LogP contribution in [0.15, 0.2) is 24.3 Å². The highest BCUT2D eigenvalue weighted by molar-refractivity contribution is 6.58. The summed E-state index contributed by atoms with van der Waals surface area (Å²) in [5.41, 5.74) is 0.430. The van der Waals surface area contributed by atoms with E-state index in [1.807, 2.05) is 0 Å². The third-order valence-corrected chi connectivity index (χ3v) is 1.92. The first-order valence-electron chi connectivity index (χ1n) is 4.82. The predicted molar refractivity (Wildman–Crippen MR) is 58.3 cm³/mol. The van der Waals surface area contributed by atoms with Gasteiger partial charge >= 0.3 is 7.12 Å². The van der Waals surface area contributed by atoms with E-state index < -0.39 is 7.12 Å². The minimum absolute atomic E-state index is 0.430. The first-order chi connectivity index (χ1) is 7.24. The average molecular weight is 210 g/mol. The molecule has 1 aromatic carbocycles. The molecular weight excluding hydrogens is 195 g/mol. The summed E-state index contributed by atoms with van der Waals surface area (Å²) in [6, 6.07) is 6.74. The lowest BCUT2D eigenvalue weighted by atomic mass is 9.80. The molecule has 1 rings (SSSR count). The third-order valence-electron chi connectivity index (χ3n) is 1.92. The van der Waals surface area contributed by atoms with Gasteiger partial charge in [-0.05, 0) is 17.6 Å². The van der Waals surface area contributed by atoms with Gasteiger partial charge in [-0.25, -0.2) is 0 Å². The standard InChI is InChI=1S/C10H15BO4/c1-14-6-3-7-15-10-5-2-4-9(8-10)11(12)13/h2,4-5,8,12-13H,3,6-7H2,1H3. The van der Waals surface area contributed by atoms with Gasteiger partial charge in [0.15, 0.2) is 0 Å². The second-order valence-corrected chi connectivity index (χ2v) is 3.14. The van der Waals surface area contributed by atoms with E-state index in [4.69, 9.17) is 19.5 Å². The van der Waals surface area contributed by atoms with Crippen molar-refractivity contribution < 1.29 is 19.5 Å². The molecule has 0 saturated carbocycles. The van der Waals surface area contributed by atoms with Crippen LogP contribution in [0.3, 0.4) is 0 Å². The van der Waals surface area contributed by atoms with Gasteiger partial charge in [0.1, 0.15) is 5.75 Å². The van der Waals surface area contributed by atoms with E-state index in [9.17, 15) is 0 Å². The van der Waals surface area contributed by atoms with Crippen LogP contribution < -0.4 is 10.2 Å². The van der Waals surface area contributed by atoms with Gasteiger partial charge in [-0.3, -0.25) is 0 Å². The summed E-state index contributed by atoms with van der Waals surface area (Å²) >= 11 is 0. The number of hydrogen-bond donors (Lipinski definition) is 2. The van der Waals surface area contributed by atoms with E-state index in [2.05, 4.69) is 0 Å². The Morgan fingerprint density at radius 3 is 2.73 bits per heavy atom. The van der Waals surface area contributed by atoms with Crippen molar-refractivity contribution in [2.75, 3.05) is 20.3 Å². The van der Waals surface area contributed by atoms with E-state index >= 15 is 0 Å². The number of hydrogen-bond acceptors (Lipinski definition) is 4. The summed E-state index contributed by atoms with van der Waals surface area (Å²) in [5.74, 6) is 0.636. The van der Waals surface area contributed by atoms with Gasteiger partial charge in [-0.1, -0.05) is 12.1 Å². The van der Waals surface area contributed by atoms with Crippen molar-refractivity contribution in [1.82, 2.24) is 0 Å². The Kier molecular flexibility index (Phi) is 5.17. The van der Waals surface area contributed by atoms with Gasteiger partial charge in [0.25, 0.3) is 0 Å². The molecule has 0 unspecified atom stereocenters. The fourth-order valence-electron chi connectivity index (χ4n) is 1.16. The Morgan fingerprint density at radius 1 is 1.27 bits per heavy atom. The highest BCUT2D eigenvalue weighted by atomic mass is 16.5. The molecule has 15 heavy (non-hydrogen) atoms. The van der Waals surface area contributed by atoms with Crippen LogP contribution in [-0.4, -0.2) is 37.5 Å².